The van der Waals surface area contributed by atoms with E-state index in [9.17, 15) is 0 Å². The van der Waals surface area contributed by atoms with Crippen LogP contribution in [-0.4, -0.2) is 14.9 Å². The molecule has 0 spiro atoms. The average Bonchev–Trinajstić information content (AvgIpc) is 2.42. The highest BCUT2D eigenvalue weighted by Gasteiger charge is 2.06. The molecule has 0 aliphatic carbocycles. The molecule has 0 bridgehead atoms. The lowest BCUT2D eigenvalue weighted by molar-refractivity contribution is 0.277. The molecule has 2 aromatic rings. The first-order chi connectivity index (χ1) is 6.22. The van der Waals surface area contributed by atoms with Crippen molar-refractivity contribution in [2.24, 2.45) is 7.05 Å². The molecule has 2 rings (SSSR count). The maximum atomic E-state index is 9.06. The van der Waals surface area contributed by atoms with E-state index >= 15 is 0 Å². The first-order valence-electron chi connectivity index (χ1n) is 4.25. The minimum Gasteiger partial charge on any atom is -0.390 e. The van der Waals surface area contributed by atoms with Crippen molar-refractivity contribution in [2.75, 3.05) is 0 Å². The topological polar surface area (TPSA) is 38.1 Å². The number of fused-ring (bicyclic) bond motifs is 1. The maximum Gasteiger partial charge on any atom is 0.0957 e. The number of aliphatic hydroxyl groups is 1. The number of aromatic nitrogens is 2. The molecular weight excluding hydrogens is 164 g/mol. The highest BCUT2D eigenvalue weighted by atomic mass is 16.3. The van der Waals surface area contributed by atoms with Crippen LogP contribution in [0.4, 0.5) is 0 Å². The van der Waals surface area contributed by atoms with E-state index in [1.807, 2.05) is 32.2 Å². The zero-order valence-corrected chi connectivity index (χ0v) is 7.78. The van der Waals surface area contributed by atoms with Crippen molar-refractivity contribution in [2.45, 2.75) is 13.5 Å². The van der Waals surface area contributed by atoms with Crippen LogP contribution >= 0.6 is 0 Å². The first kappa shape index (κ1) is 8.26. The van der Waals surface area contributed by atoms with E-state index in [4.69, 9.17) is 5.11 Å². The zero-order chi connectivity index (χ0) is 9.42. The van der Waals surface area contributed by atoms with E-state index in [1.54, 1.807) is 4.68 Å². The molecule has 3 nitrogen and oxygen atoms in total. The molecule has 0 aliphatic heterocycles. The Morgan fingerprint density at radius 3 is 2.92 bits per heavy atom. The Hall–Kier alpha value is -1.35. The van der Waals surface area contributed by atoms with Crippen molar-refractivity contribution >= 4 is 10.9 Å². The van der Waals surface area contributed by atoms with Gasteiger partial charge in [-0.2, -0.15) is 5.10 Å². The molecule has 0 saturated carbocycles. The Kier molecular flexibility index (Phi) is 1.81. The lowest BCUT2D eigenvalue weighted by Gasteiger charge is -1.94. The summed E-state index contributed by atoms with van der Waals surface area (Å²) in [4.78, 5) is 0. The SMILES string of the molecule is Cc1ccc2c(c1)c(CO)nn2C. The largest absolute Gasteiger partial charge is 0.390 e. The summed E-state index contributed by atoms with van der Waals surface area (Å²) >= 11 is 0. The van der Waals surface area contributed by atoms with Crippen molar-refractivity contribution in [1.29, 1.82) is 0 Å². The second-order valence-corrected chi connectivity index (χ2v) is 3.25. The third-order valence-electron chi connectivity index (χ3n) is 2.23. The molecule has 1 aromatic carbocycles. The van der Waals surface area contributed by atoms with Crippen LogP contribution in [0.5, 0.6) is 0 Å². The summed E-state index contributed by atoms with van der Waals surface area (Å²) in [7, 11) is 1.89. The standard InChI is InChI=1S/C10H12N2O/c1-7-3-4-10-8(5-7)9(6-13)11-12(10)2/h3-5,13H,6H2,1-2H3. The monoisotopic (exact) mass is 176 g/mol. The van der Waals surface area contributed by atoms with Gasteiger partial charge in [0.25, 0.3) is 0 Å². The first-order valence-corrected chi connectivity index (χ1v) is 4.25. The normalized spacial score (nSPS) is 11.0. The number of rotatable bonds is 1. The highest BCUT2D eigenvalue weighted by Crippen LogP contribution is 2.19. The van der Waals surface area contributed by atoms with Crippen molar-refractivity contribution in [1.82, 2.24) is 9.78 Å². The fourth-order valence-electron chi connectivity index (χ4n) is 1.57. The Balaban J connectivity index is 2.81. The van der Waals surface area contributed by atoms with Crippen molar-refractivity contribution in [3.05, 3.63) is 29.5 Å². The predicted molar refractivity (Wildman–Crippen MR) is 51.4 cm³/mol. The van der Waals surface area contributed by atoms with Crippen LogP contribution in [0.1, 0.15) is 11.3 Å². The second-order valence-electron chi connectivity index (χ2n) is 3.25. The van der Waals surface area contributed by atoms with Gasteiger partial charge in [0.15, 0.2) is 0 Å². The van der Waals surface area contributed by atoms with Gasteiger partial charge in [-0.3, -0.25) is 4.68 Å². The summed E-state index contributed by atoms with van der Waals surface area (Å²) in [6.45, 7) is 2.04. The van der Waals surface area contributed by atoms with Crippen LogP contribution in [0.2, 0.25) is 0 Å². The summed E-state index contributed by atoms with van der Waals surface area (Å²) in [5, 5.41) is 14.3. The van der Waals surface area contributed by atoms with E-state index in [-0.39, 0.29) is 6.61 Å². The van der Waals surface area contributed by atoms with E-state index in [0.717, 1.165) is 16.6 Å². The summed E-state index contributed by atoms with van der Waals surface area (Å²) in [6, 6.07) is 6.12. The molecule has 1 aromatic heterocycles. The molecular formula is C10H12N2O. The van der Waals surface area contributed by atoms with Gasteiger partial charge in [0, 0.05) is 12.4 Å². The van der Waals surface area contributed by atoms with E-state index in [2.05, 4.69) is 5.10 Å². The van der Waals surface area contributed by atoms with Gasteiger partial charge in [0.1, 0.15) is 0 Å². The van der Waals surface area contributed by atoms with Gasteiger partial charge >= 0.3 is 0 Å². The van der Waals surface area contributed by atoms with Crippen LogP contribution in [0, 0.1) is 6.92 Å². The van der Waals surface area contributed by atoms with Gasteiger partial charge in [-0.15, -0.1) is 0 Å². The Morgan fingerprint density at radius 1 is 1.46 bits per heavy atom. The third kappa shape index (κ3) is 1.21. The molecule has 0 aliphatic rings. The lowest BCUT2D eigenvalue weighted by atomic mass is 10.1. The van der Waals surface area contributed by atoms with Gasteiger partial charge in [-0.1, -0.05) is 11.6 Å². The molecule has 13 heavy (non-hydrogen) atoms. The molecule has 0 radical (unpaired) electrons. The highest BCUT2D eigenvalue weighted by molar-refractivity contribution is 5.82. The smallest absolute Gasteiger partial charge is 0.0957 e. The number of benzene rings is 1. The van der Waals surface area contributed by atoms with E-state index in [0.29, 0.717) is 0 Å². The third-order valence-corrected chi connectivity index (χ3v) is 2.23. The molecule has 0 amide bonds. The summed E-state index contributed by atoms with van der Waals surface area (Å²) in [5.41, 5.74) is 3.01. The molecule has 68 valence electrons. The minimum absolute atomic E-state index is 0.000787. The number of hydrogen-bond acceptors (Lipinski definition) is 2. The Labute approximate surface area is 76.6 Å². The molecule has 1 N–H and O–H groups in total. The van der Waals surface area contributed by atoms with Crippen LogP contribution in [-0.2, 0) is 13.7 Å². The van der Waals surface area contributed by atoms with Crippen LogP contribution in [0.3, 0.4) is 0 Å². The van der Waals surface area contributed by atoms with Gasteiger partial charge in [0.05, 0.1) is 17.8 Å². The molecule has 0 saturated heterocycles. The van der Waals surface area contributed by atoms with Crippen molar-refractivity contribution < 1.29 is 5.11 Å². The van der Waals surface area contributed by atoms with Gasteiger partial charge in [0.2, 0.25) is 0 Å². The second kappa shape index (κ2) is 2.85. The number of nitrogens with zero attached hydrogens (tertiary/aromatic N) is 2. The van der Waals surface area contributed by atoms with E-state index < -0.39 is 0 Å². The molecule has 3 heteroatoms. The molecule has 0 unspecified atom stereocenters. The predicted octanol–water partition coefficient (Wildman–Crippen LogP) is 1.37. The lowest BCUT2D eigenvalue weighted by Crippen LogP contribution is -1.90. The van der Waals surface area contributed by atoms with E-state index in [1.165, 1.54) is 5.56 Å². The van der Waals surface area contributed by atoms with Gasteiger partial charge in [-0.05, 0) is 19.1 Å². The average molecular weight is 176 g/mol. The van der Waals surface area contributed by atoms with Crippen LogP contribution in [0.25, 0.3) is 10.9 Å². The number of aryl methyl sites for hydroxylation is 2. The molecule has 0 fully saturated rings. The zero-order valence-electron chi connectivity index (χ0n) is 7.78. The van der Waals surface area contributed by atoms with Crippen LogP contribution in [0.15, 0.2) is 18.2 Å². The summed E-state index contributed by atoms with van der Waals surface area (Å²) in [5.74, 6) is 0. The van der Waals surface area contributed by atoms with Crippen LogP contribution < -0.4 is 0 Å². The molecule has 1 heterocycles. The fourth-order valence-corrected chi connectivity index (χ4v) is 1.57. The van der Waals surface area contributed by atoms with Crippen molar-refractivity contribution in [3.63, 3.8) is 0 Å². The Bertz CT molecular complexity index is 445. The number of aliphatic hydroxyl groups excluding tert-OH is 1. The minimum atomic E-state index is 0.000787. The number of hydrogen-bond donors (Lipinski definition) is 1. The van der Waals surface area contributed by atoms with Gasteiger partial charge in [-0.25, -0.2) is 0 Å². The summed E-state index contributed by atoms with van der Waals surface area (Å²) in [6.07, 6.45) is 0. The molecule has 0 atom stereocenters. The fraction of sp³-hybridized carbons (Fsp3) is 0.300. The quantitative estimate of drug-likeness (QED) is 0.712. The summed E-state index contributed by atoms with van der Waals surface area (Å²) < 4.78 is 1.79. The van der Waals surface area contributed by atoms with Crippen molar-refractivity contribution in [3.8, 4) is 0 Å². The maximum absolute atomic E-state index is 9.06. The van der Waals surface area contributed by atoms with Gasteiger partial charge < -0.3 is 5.11 Å². The Morgan fingerprint density at radius 2 is 2.23 bits per heavy atom.